The van der Waals surface area contributed by atoms with E-state index >= 15 is 4.39 Å². The van der Waals surface area contributed by atoms with Crippen molar-refractivity contribution in [2.45, 2.75) is 32.8 Å². The minimum Gasteiger partial charge on any atom is -0.489 e. The highest BCUT2D eigenvalue weighted by Crippen LogP contribution is 2.51. The van der Waals surface area contributed by atoms with Crippen LogP contribution in [0.15, 0.2) is 67.5 Å². The van der Waals surface area contributed by atoms with Gasteiger partial charge in [0.05, 0.1) is 26.2 Å². The van der Waals surface area contributed by atoms with Crippen molar-refractivity contribution >= 4 is 47.0 Å². The van der Waals surface area contributed by atoms with Gasteiger partial charge in [-0.2, -0.15) is 0 Å². The van der Waals surface area contributed by atoms with Crippen LogP contribution < -0.4 is 4.74 Å². The van der Waals surface area contributed by atoms with Crippen LogP contribution in [0.2, 0.25) is 0 Å². The molecule has 0 fully saturated rings. The van der Waals surface area contributed by atoms with Gasteiger partial charge in [-0.3, -0.25) is 0 Å². The molecule has 3 nitrogen and oxygen atoms in total. The average Bonchev–Trinajstić information content (AvgIpc) is 2.60. The van der Waals surface area contributed by atoms with Crippen LogP contribution in [0.5, 0.6) is 5.75 Å². The summed E-state index contributed by atoms with van der Waals surface area (Å²) in [6.45, 7) is 16.7. The van der Waals surface area contributed by atoms with Crippen LogP contribution in [0, 0.1) is 5.82 Å². The molecule has 1 atom stereocenters. The van der Waals surface area contributed by atoms with Crippen molar-refractivity contribution in [3.8, 4) is 5.75 Å². The molecule has 1 aromatic carbocycles. The monoisotopic (exact) mass is 432 g/mol. The third-order valence-corrected chi connectivity index (χ3v) is 6.13. The Labute approximate surface area is 171 Å². The molecule has 0 saturated carbocycles. The van der Waals surface area contributed by atoms with E-state index in [1.807, 2.05) is 0 Å². The lowest BCUT2D eigenvalue weighted by atomic mass is 10.3. The number of ether oxygens (including phenoxy) is 2. The Morgan fingerprint density at radius 2 is 1.31 bits per heavy atom. The van der Waals surface area contributed by atoms with Crippen molar-refractivity contribution in [2.24, 2.45) is 0 Å². The minimum absolute atomic E-state index is 0.194. The molecule has 0 aliphatic heterocycles. The molecular formula is C18H21FO3S4. The Balaban J connectivity index is 3.49. The largest absolute Gasteiger partial charge is 0.489 e. The van der Waals surface area contributed by atoms with E-state index in [1.165, 1.54) is 54.0 Å². The van der Waals surface area contributed by atoms with Crippen molar-refractivity contribution in [3.05, 3.63) is 53.8 Å². The zero-order chi connectivity index (χ0) is 19.5. The molecule has 0 aliphatic rings. The maximum Gasteiger partial charge on any atom is 0.153 e. The van der Waals surface area contributed by atoms with E-state index in [2.05, 4.69) is 26.3 Å². The topological polar surface area (TPSA) is 38.7 Å². The summed E-state index contributed by atoms with van der Waals surface area (Å²) in [5.74, 6) is 0.158. The molecule has 26 heavy (non-hydrogen) atoms. The summed E-state index contributed by atoms with van der Waals surface area (Å²) >= 11 is 4.90. The van der Waals surface area contributed by atoms with Gasteiger partial charge in [0.15, 0.2) is 12.1 Å². The molecule has 1 N–H and O–H groups in total. The van der Waals surface area contributed by atoms with Crippen LogP contribution in [0.4, 0.5) is 4.39 Å². The number of aliphatic hydroxyl groups is 1. The van der Waals surface area contributed by atoms with Crippen LogP contribution in [0.1, 0.15) is 6.92 Å². The predicted octanol–water partition coefficient (Wildman–Crippen LogP) is 6.50. The third kappa shape index (κ3) is 6.44. The van der Waals surface area contributed by atoms with E-state index in [0.717, 1.165) is 0 Å². The fourth-order valence-electron chi connectivity index (χ4n) is 1.86. The highest BCUT2D eigenvalue weighted by atomic mass is 32.2. The summed E-state index contributed by atoms with van der Waals surface area (Å²) in [6, 6.07) is 0. The van der Waals surface area contributed by atoms with Gasteiger partial charge in [-0.25, -0.2) is 4.39 Å². The second-order valence-electron chi connectivity index (χ2n) is 4.42. The Morgan fingerprint density at radius 1 is 0.885 bits per heavy atom. The van der Waals surface area contributed by atoms with E-state index < -0.39 is 6.29 Å². The number of rotatable bonds is 13. The van der Waals surface area contributed by atoms with Crippen LogP contribution in [0.3, 0.4) is 0 Å². The average molecular weight is 433 g/mol. The minimum atomic E-state index is -0.880. The van der Waals surface area contributed by atoms with Gasteiger partial charge in [-0.05, 0) is 28.6 Å². The predicted molar refractivity (Wildman–Crippen MR) is 114 cm³/mol. The second-order valence-corrected chi connectivity index (χ2v) is 8.33. The summed E-state index contributed by atoms with van der Waals surface area (Å²) in [4.78, 5) is 2.04. The summed E-state index contributed by atoms with van der Waals surface area (Å²) < 4.78 is 26.2. The normalized spacial score (nSPS) is 11.7. The molecule has 142 valence electrons. The molecule has 0 bridgehead atoms. The van der Waals surface area contributed by atoms with Gasteiger partial charge in [0.25, 0.3) is 0 Å². The van der Waals surface area contributed by atoms with Gasteiger partial charge in [-0.15, -0.1) is 0 Å². The van der Waals surface area contributed by atoms with Gasteiger partial charge < -0.3 is 14.6 Å². The van der Waals surface area contributed by atoms with Gasteiger partial charge >= 0.3 is 0 Å². The molecule has 8 heteroatoms. The van der Waals surface area contributed by atoms with Crippen molar-refractivity contribution in [1.29, 1.82) is 0 Å². The lowest BCUT2D eigenvalue weighted by Crippen LogP contribution is -2.14. The van der Waals surface area contributed by atoms with Crippen molar-refractivity contribution in [3.63, 3.8) is 0 Å². The quantitative estimate of drug-likeness (QED) is 0.217. The van der Waals surface area contributed by atoms with Gasteiger partial charge in [-0.1, -0.05) is 73.4 Å². The zero-order valence-corrected chi connectivity index (χ0v) is 17.7. The molecule has 0 spiro atoms. The number of thioether (sulfide) groups is 4. The molecule has 0 saturated heterocycles. The fraction of sp³-hybridized carbons (Fsp3) is 0.222. The van der Waals surface area contributed by atoms with Crippen LogP contribution >= 0.6 is 47.0 Å². The fourth-order valence-corrected chi connectivity index (χ4v) is 4.98. The Morgan fingerprint density at radius 3 is 1.69 bits per heavy atom. The molecular weight excluding hydrogens is 411 g/mol. The summed E-state index contributed by atoms with van der Waals surface area (Å²) in [5.41, 5.74) is 0. The van der Waals surface area contributed by atoms with E-state index in [4.69, 9.17) is 9.47 Å². The van der Waals surface area contributed by atoms with E-state index in [9.17, 15) is 5.11 Å². The first-order valence-corrected chi connectivity index (χ1v) is 11.0. The Bertz CT molecular complexity index is 617. The first-order valence-electron chi connectivity index (χ1n) is 7.43. The van der Waals surface area contributed by atoms with E-state index in [0.29, 0.717) is 25.3 Å². The molecule has 0 aliphatic carbocycles. The van der Waals surface area contributed by atoms with Crippen molar-refractivity contribution < 1.29 is 19.0 Å². The molecule has 1 rings (SSSR count). The summed E-state index contributed by atoms with van der Waals surface area (Å²) in [6.07, 6.45) is -0.880. The number of aliphatic hydroxyl groups excluding tert-OH is 1. The first kappa shape index (κ1) is 23.3. The molecule has 0 aromatic heterocycles. The Hall–Kier alpha value is -0.770. The standard InChI is InChI=1S/C18H21FO3S4/c1-6-23-15-13(19)16(24-7-2)18(26-9-4)14(17(15)25-8-3)22-11-10-21-12(5)20/h6-9,12,20H,1-4,10-11H2,5H3. The van der Waals surface area contributed by atoms with Crippen molar-refractivity contribution in [2.75, 3.05) is 13.2 Å². The highest BCUT2D eigenvalue weighted by molar-refractivity contribution is 8.06. The van der Waals surface area contributed by atoms with Gasteiger partial charge in [0, 0.05) is 0 Å². The molecule has 0 radical (unpaired) electrons. The highest BCUT2D eigenvalue weighted by Gasteiger charge is 2.25. The SMILES string of the molecule is C=CSc1c(F)c(SC=C)c(SC=C)c(OCCOC(C)O)c1SC=C. The number of hydrogen-bond acceptors (Lipinski definition) is 7. The van der Waals surface area contributed by atoms with Gasteiger partial charge in [0.2, 0.25) is 0 Å². The lowest BCUT2D eigenvalue weighted by molar-refractivity contribution is -0.0916. The maximum absolute atomic E-state index is 15.1. The van der Waals surface area contributed by atoms with Gasteiger partial charge in [0.1, 0.15) is 12.4 Å². The molecule has 0 amide bonds. The molecule has 0 heterocycles. The van der Waals surface area contributed by atoms with E-state index in [1.54, 1.807) is 21.6 Å². The number of benzene rings is 1. The molecule has 1 unspecified atom stereocenters. The molecule has 1 aromatic rings. The first-order chi connectivity index (χ1) is 12.5. The zero-order valence-electron chi connectivity index (χ0n) is 14.4. The smallest absolute Gasteiger partial charge is 0.153 e. The van der Waals surface area contributed by atoms with E-state index in [-0.39, 0.29) is 19.0 Å². The Kier molecular flexibility index (Phi) is 11.3. The third-order valence-electron chi connectivity index (χ3n) is 2.72. The summed E-state index contributed by atoms with van der Waals surface area (Å²) in [7, 11) is 0. The maximum atomic E-state index is 15.1. The van der Waals surface area contributed by atoms with Crippen molar-refractivity contribution in [1.82, 2.24) is 0 Å². The second kappa shape index (κ2) is 12.6. The summed E-state index contributed by atoms with van der Waals surface area (Å²) in [5, 5.41) is 15.6. The number of halogens is 1. The number of hydrogen-bond donors (Lipinski definition) is 1. The van der Waals surface area contributed by atoms with Crippen LogP contribution in [0.25, 0.3) is 0 Å². The van der Waals surface area contributed by atoms with Crippen LogP contribution in [-0.4, -0.2) is 24.6 Å². The van der Waals surface area contributed by atoms with Crippen LogP contribution in [-0.2, 0) is 4.74 Å². The lowest BCUT2D eigenvalue weighted by Gasteiger charge is -2.20.